The third-order valence-electron chi connectivity index (χ3n) is 4.36. The molecule has 1 saturated heterocycles. The van der Waals surface area contributed by atoms with Crippen LogP contribution in [0.5, 0.6) is 0 Å². The summed E-state index contributed by atoms with van der Waals surface area (Å²) in [5.74, 6) is 0. The molecule has 1 N–H and O–H groups in total. The normalized spacial score (nSPS) is 35.2. The van der Waals surface area contributed by atoms with Crippen molar-refractivity contribution in [2.75, 3.05) is 20.1 Å². The van der Waals surface area contributed by atoms with Crippen molar-refractivity contribution in [2.45, 2.75) is 37.8 Å². The summed E-state index contributed by atoms with van der Waals surface area (Å²) in [4.78, 5) is 4.10. The molecular weight excluding hydrogens is 216 g/mol. The molecule has 3 heteroatoms. The Kier molecular flexibility index (Phi) is 2.57. The molecule has 2 nitrogen and oxygen atoms in total. The summed E-state index contributed by atoms with van der Waals surface area (Å²) in [6.45, 7) is 4.72. The quantitative estimate of drug-likeness (QED) is 0.743. The van der Waals surface area contributed by atoms with Crippen molar-refractivity contribution in [1.82, 2.24) is 10.2 Å². The highest BCUT2D eigenvalue weighted by Crippen LogP contribution is 2.41. The van der Waals surface area contributed by atoms with Crippen molar-refractivity contribution in [3.63, 3.8) is 0 Å². The van der Waals surface area contributed by atoms with Gasteiger partial charge in [0.25, 0.3) is 0 Å². The van der Waals surface area contributed by atoms with Crippen LogP contribution in [0.2, 0.25) is 0 Å². The van der Waals surface area contributed by atoms with E-state index in [-0.39, 0.29) is 0 Å². The first-order chi connectivity index (χ1) is 7.71. The Morgan fingerprint density at radius 1 is 1.56 bits per heavy atom. The first-order valence-corrected chi connectivity index (χ1v) is 7.11. The van der Waals surface area contributed by atoms with Crippen molar-refractivity contribution in [2.24, 2.45) is 0 Å². The molecule has 0 radical (unpaired) electrons. The summed E-state index contributed by atoms with van der Waals surface area (Å²) in [7, 11) is 2.24. The van der Waals surface area contributed by atoms with E-state index in [2.05, 4.69) is 35.6 Å². The highest BCUT2D eigenvalue weighted by atomic mass is 32.1. The van der Waals surface area contributed by atoms with Crippen molar-refractivity contribution in [1.29, 1.82) is 0 Å². The number of hydrogen-bond acceptors (Lipinski definition) is 3. The van der Waals surface area contributed by atoms with E-state index < -0.39 is 0 Å². The number of rotatable bonds is 0. The van der Waals surface area contributed by atoms with E-state index in [1.54, 1.807) is 10.4 Å². The summed E-state index contributed by atoms with van der Waals surface area (Å²) in [6.07, 6.45) is 3.74. The summed E-state index contributed by atoms with van der Waals surface area (Å²) in [5, 5.41) is 6.07. The second kappa shape index (κ2) is 3.83. The monoisotopic (exact) mass is 236 g/mol. The average molecular weight is 236 g/mol. The molecular formula is C13H20N2S. The van der Waals surface area contributed by atoms with Crippen molar-refractivity contribution in [3.05, 3.63) is 21.9 Å². The van der Waals surface area contributed by atoms with Crippen LogP contribution in [0.4, 0.5) is 0 Å². The van der Waals surface area contributed by atoms with Gasteiger partial charge in [-0.2, -0.15) is 0 Å². The number of fused-ring (bicyclic) bond motifs is 2. The van der Waals surface area contributed by atoms with Crippen LogP contribution >= 0.6 is 11.3 Å². The molecule has 2 atom stereocenters. The first kappa shape index (κ1) is 10.8. The van der Waals surface area contributed by atoms with Gasteiger partial charge in [-0.05, 0) is 50.2 Å². The number of nitrogens with one attached hydrogen (secondary N) is 1. The minimum atomic E-state index is 0.291. The average Bonchev–Trinajstić information content (AvgIpc) is 2.74. The smallest absolute Gasteiger partial charge is 0.0472 e. The highest BCUT2D eigenvalue weighted by molar-refractivity contribution is 7.10. The van der Waals surface area contributed by atoms with Crippen LogP contribution in [-0.4, -0.2) is 31.1 Å². The summed E-state index contributed by atoms with van der Waals surface area (Å²) in [6, 6.07) is 3.04. The first-order valence-electron chi connectivity index (χ1n) is 6.23. The predicted molar refractivity (Wildman–Crippen MR) is 69.0 cm³/mol. The standard InChI is InChI=1S/C13H20N2S/c1-10-9-13(5-7-15(10)2)11-4-8-16-12(11)3-6-14-13/h4,8,10,14H,3,5-7,9H2,1-2H3. The molecule has 1 aromatic rings. The lowest BCUT2D eigenvalue weighted by Gasteiger charge is -2.47. The predicted octanol–water partition coefficient (Wildman–Crippen LogP) is 2.20. The lowest BCUT2D eigenvalue weighted by molar-refractivity contribution is 0.102. The Morgan fingerprint density at radius 2 is 2.44 bits per heavy atom. The maximum absolute atomic E-state index is 3.81. The zero-order valence-corrected chi connectivity index (χ0v) is 10.9. The summed E-state index contributed by atoms with van der Waals surface area (Å²) in [5.41, 5.74) is 1.89. The zero-order valence-electron chi connectivity index (χ0n) is 10.1. The van der Waals surface area contributed by atoms with Crippen LogP contribution < -0.4 is 5.32 Å². The molecule has 0 aliphatic carbocycles. The number of hydrogen-bond donors (Lipinski definition) is 1. The third kappa shape index (κ3) is 1.53. The fourth-order valence-corrected chi connectivity index (χ4v) is 4.20. The maximum atomic E-state index is 3.81. The summed E-state index contributed by atoms with van der Waals surface area (Å²) >= 11 is 1.94. The minimum absolute atomic E-state index is 0.291. The van der Waals surface area contributed by atoms with Crippen LogP contribution in [-0.2, 0) is 12.0 Å². The Hall–Kier alpha value is -0.380. The molecule has 2 aliphatic heterocycles. The Labute approximate surface area is 102 Å². The number of likely N-dealkylation sites (tertiary alicyclic amines) is 1. The molecule has 88 valence electrons. The second-order valence-corrected chi connectivity index (χ2v) is 6.30. The molecule has 1 aromatic heterocycles. The van der Waals surface area contributed by atoms with E-state index in [4.69, 9.17) is 0 Å². The van der Waals surface area contributed by atoms with Gasteiger partial charge < -0.3 is 10.2 Å². The highest BCUT2D eigenvalue weighted by Gasteiger charge is 2.41. The van der Waals surface area contributed by atoms with Gasteiger partial charge in [-0.3, -0.25) is 0 Å². The van der Waals surface area contributed by atoms with E-state index in [0.717, 1.165) is 6.54 Å². The Morgan fingerprint density at radius 3 is 3.25 bits per heavy atom. The summed E-state index contributed by atoms with van der Waals surface area (Å²) < 4.78 is 0. The van der Waals surface area contributed by atoms with E-state index in [9.17, 15) is 0 Å². The van der Waals surface area contributed by atoms with Gasteiger partial charge in [0.2, 0.25) is 0 Å². The Bertz CT molecular complexity index is 387. The van der Waals surface area contributed by atoms with E-state index >= 15 is 0 Å². The third-order valence-corrected chi connectivity index (χ3v) is 5.34. The lowest BCUT2D eigenvalue weighted by Crippen LogP contribution is -2.55. The van der Waals surface area contributed by atoms with Gasteiger partial charge in [0.1, 0.15) is 0 Å². The van der Waals surface area contributed by atoms with Crippen LogP contribution in [0, 0.1) is 0 Å². The molecule has 0 amide bonds. The van der Waals surface area contributed by atoms with Gasteiger partial charge in [0.05, 0.1) is 0 Å². The van der Waals surface area contributed by atoms with Crippen molar-refractivity contribution < 1.29 is 0 Å². The fourth-order valence-electron chi connectivity index (χ4n) is 3.23. The van der Waals surface area contributed by atoms with Crippen molar-refractivity contribution in [3.8, 4) is 0 Å². The molecule has 0 bridgehead atoms. The number of piperidine rings is 1. The topological polar surface area (TPSA) is 15.3 Å². The van der Waals surface area contributed by atoms with Gasteiger partial charge in [-0.25, -0.2) is 0 Å². The lowest BCUT2D eigenvalue weighted by atomic mass is 9.76. The van der Waals surface area contributed by atoms with Crippen LogP contribution in [0.25, 0.3) is 0 Å². The second-order valence-electron chi connectivity index (χ2n) is 5.30. The zero-order chi connectivity index (χ0) is 11.2. The molecule has 1 fully saturated rings. The van der Waals surface area contributed by atoms with Crippen molar-refractivity contribution >= 4 is 11.3 Å². The van der Waals surface area contributed by atoms with E-state index in [1.165, 1.54) is 25.8 Å². The molecule has 0 saturated carbocycles. The molecule has 16 heavy (non-hydrogen) atoms. The minimum Gasteiger partial charge on any atom is -0.307 e. The molecule has 3 heterocycles. The number of nitrogens with zero attached hydrogens (tertiary/aromatic N) is 1. The van der Waals surface area contributed by atoms with Crippen LogP contribution in [0.1, 0.15) is 30.2 Å². The molecule has 3 rings (SSSR count). The fraction of sp³-hybridized carbons (Fsp3) is 0.692. The molecule has 0 aromatic carbocycles. The Balaban J connectivity index is 1.96. The van der Waals surface area contributed by atoms with Gasteiger partial charge in [-0.1, -0.05) is 0 Å². The van der Waals surface area contributed by atoms with Crippen LogP contribution in [0.15, 0.2) is 11.4 Å². The number of thiophene rings is 1. The van der Waals surface area contributed by atoms with Gasteiger partial charge in [-0.15, -0.1) is 11.3 Å². The maximum Gasteiger partial charge on any atom is 0.0472 e. The molecule has 1 spiro atoms. The van der Waals surface area contributed by atoms with Gasteiger partial charge in [0.15, 0.2) is 0 Å². The SMILES string of the molecule is CC1CC2(CCN1C)NCCc1sccc12. The van der Waals surface area contributed by atoms with Crippen LogP contribution in [0.3, 0.4) is 0 Å². The largest absolute Gasteiger partial charge is 0.307 e. The molecule has 2 aliphatic rings. The van der Waals surface area contributed by atoms with E-state index in [0.29, 0.717) is 11.6 Å². The van der Waals surface area contributed by atoms with Gasteiger partial charge >= 0.3 is 0 Å². The van der Waals surface area contributed by atoms with Gasteiger partial charge in [0, 0.05) is 29.5 Å². The van der Waals surface area contributed by atoms with E-state index in [1.807, 2.05) is 11.3 Å². The molecule has 2 unspecified atom stereocenters.